The number of imidazole rings is 1. The summed E-state index contributed by atoms with van der Waals surface area (Å²) in [5, 5.41) is 0. The first kappa shape index (κ1) is 56.5. The third-order valence-electron chi connectivity index (χ3n) is 13.7. The second kappa shape index (κ2) is 28.0. The molecule has 0 amide bonds. The van der Waals surface area contributed by atoms with Crippen molar-refractivity contribution >= 4 is 46.5 Å². The molecule has 6 aromatic rings. The molecule has 0 fully saturated rings. The first-order valence-corrected chi connectivity index (χ1v) is 28.1. The van der Waals surface area contributed by atoms with Gasteiger partial charge in [0, 0.05) is 39.1 Å². The zero-order valence-electron chi connectivity index (χ0n) is 46.5. The van der Waals surface area contributed by atoms with Crippen molar-refractivity contribution < 1.29 is 0 Å². The molecule has 5 heteroatoms. The van der Waals surface area contributed by atoms with Crippen molar-refractivity contribution in [1.82, 2.24) is 9.55 Å². The fourth-order valence-electron chi connectivity index (χ4n) is 9.91. The van der Waals surface area contributed by atoms with Crippen LogP contribution >= 0.6 is 11.8 Å². The lowest BCUT2D eigenvalue weighted by Gasteiger charge is -2.20. The molecule has 0 aliphatic heterocycles. The molecule has 0 radical (unpaired) electrons. The van der Waals surface area contributed by atoms with Crippen LogP contribution in [0.25, 0.3) is 50.2 Å². The van der Waals surface area contributed by atoms with Gasteiger partial charge in [-0.15, -0.1) is 17.5 Å². The number of thioether (sulfide) groups is 1. The molecule has 9 rings (SSSR count). The quantitative estimate of drug-likeness (QED) is 0.0472. The van der Waals surface area contributed by atoms with Crippen molar-refractivity contribution in [2.24, 2.45) is 15.9 Å². The fourth-order valence-corrected chi connectivity index (χ4v) is 11.2. The molecule has 3 aliphatic carbocycles. The third-order valence-corrected chi connectivity index (χ3v) is 14.9. The van der Waals surface area contributed by atoms with Gasteiger partial charge in [0.15, 0.2) is 0 Å². The van der Waals surface area contributed by atoms with Crippen LogP contribution < -0.4 is 0 Å². The molecule has 0 saturated carbocycles. The van der Waals surface area contributed by atoms with E-state index in [1.54, 1.807) is 0 Å². The van der Waals surface area contributed by atoms with E-state index in [2.05, 4.69) is 224 Å². The maximum absolute atomic E-state index is 5.19. The van der Waals surface area contributed by atoms with Crippen LogP contribution in [-0.4, -0.2) is 22.0 Å². The molecule has 2 atom stereocenters. The summed E-state index contributed by atoms with van der Waals surface area (Å²) in [5.41, 5.74) is 24.5. The Kier molecular flexibility index (Phi) is 21.4. The zero-order chi connectivity index (χ0) is 53.1. The van der Waals surface area contributed by atoms with Crippen LogP contribution in [0.5, 0.6) is 0 Å². The van der Waals surface area contributed by atoms with Gasteiger partial charge in [0.1, 0.15) is 5.82 Å². The molecular formula is C69H80N4S. The number of fused-ring (bicyclic) bond motifs is 1. The first-order valence-electron chi connectivity index (χ1n) is 27.1. The van der Waals surface area contributed by atoms with Gasteiger partial charge in [0.25, 0.3) is 0 Å². The zero-order valence-corrected chi connectivity index (χ0v) is 47.3. The summed E-state index contributed by atoms with van der Waals surface area (Å²) in [5.74, 6) is 2.38. The number of aromatic nitrogens is 2. The predicted molar refractivity (Wildman–Crippen MR) is 327 cm³/mol. The summed E-state index contributed by atoms with van der Waals surface area (Å²) in [4.78, 5) is 16.2. The Hall–Kier alpha value is -6.78. The summed E-state index contributed by atoms with van der Waals surface area (Å²) in [6.45, 7) is 29.6. The largest absolute Gasteiger partial charge is 0.317 e. The molecule has 0 spiro atoms. The second-order valence-electron chi connectivity index (χ2n) is 18.8. The molecule has 1 aromatic heterocycles. The molecule has 74 heavy (non-hydrogen) atoms. The smallest absolute Gasteiger partial charge is 0.141 e. The molecule has 1 heterocycles. The minimum absolute atomic E-state index is 0.224. The normalized spacial score (nSPS) is 15.5. The Morgan fingerprint density at radius 2 is 1.46 bits per heavy atom. The van der Waals surface area contributed by atoms with Crippen LogP contribution in [0.4, 0.5) is 5.69 Å². The number of hydrogen-bond acceptors (Lipinski definition) is 4. The highest BCUT2D eigenvalue weighted by atomic mass is 32.2. The summed E-state index contributed by atoms with van der Waals surface area (Å²) in [7, 11) is 0. The van der Waals surface area contributed by atoms with E-state index >= 15 is 0 Å². The standard InChI is InChI=1S/C57H58N4S.C8H10.2C2H6/c1-8-17-47(18-9-2)61-54-26-15-14-25-53(54)60-57(61)45-33-31-43(32-34-45)50-35-36-51(44-29-27-42(28-30-44)41(6)59-52-24-13-11-20-39(52)4)56(55(50)58-7)62-37-46-21-16-23-49(40(46)5)48-22-12-10-19-38(48)3;1-7-4-3-5-8(2)6-7;2*1-2/h8,10-11,14-17,19-21,23,25-36,47H,7,9,12-13,18,22,24,37H2,1-6H3;4-7H,1-2H3;2*1-2H3/b17-8-,59-41?;;;. The van der Waals surface area contributed by atoms with Crippen molar-refractivity contribution in [2.75, 3.05) is 0 Å². The molecule has 0 N–H and O–H groups in total. The van der Waals surface area contributed by atoms with Gasteiger partial charge in [-0.05, 0) is 166 Å². The lowest BCUT2D eigenvalue weighted by Crippen LogP contribution is -2.08. The van der Waals surface area contributed by atoms with Gasteiger partial charge in [0.2, 0.25) is 0 Å². The number of para-hydroxylation sites is 2. The number of allylic oxidation sites excluding steroid dienone is 13. The lowest BCUT2D eigenvalue weighted by atomic mass is 9.88. The van der Waals surface area contributed by atoms with E-state index in [9.17, 15) is 0 Å². The lowest BCUT2D eigenvalue weighted by molar-refractivity contribution is 0.566. The maximum Gasteiger partial charge on any atom is 0.141 e. The second-order valence-corrected chi connectivity index (χ2v) is 19.8. The molecular weight excluding hydrogens is 917 g/mol. The van der Waals surface area contributed by atoms with Crippen LogP contribution in [-0.2, 0) is 5.75 Å². The van der Waals surface area contributed by atoms with E-state index in [1.165, 1.54) is 44.7 Å². The van der Waals surface area contributed by atoms with E-state index in [1.807, 2.05) is 45.5 Å². The summed E-state index contributed by atoms with van der Waals surface area (Å²) in [6.07, 6.45) is 26.1. The van der Waals surface area contributed by atoms with Crippen LogP contribution in [0.3, 0.4) is 0 Å². The van der Waals surface area contributed by atoms with E-state index in [0.717, 1.165) is 111 Å². The Morgan fingerprint density at radius 3 is 2.11 bits per heavy atom. The molecule has 4 nitrogen and oxygen atoms in total. The SMILES string of the molecule is C=Nc1c(-c2ccc(-c3nc4ccccc4n3C(/C=C\C)CCC)cc2)ccc(-c2ccc(C(C)=NC3=C(C)C=CCC3)cc2)c1SCc1cccc(C2=C(C)C=CCC2)c1C.CC.CC.CC1=CC(C)C=C=C1. The molecule has 2 unspecified atom stereocenters. The maximum atomic E-state index is 5.19. The minimum Gasteiger partial charge on any atom is -0.317 e. The van der Waals surface area contributed by atoms with E-state index in [-0.39, 0.29) is 6.04 Å². The topological polar surface area (TPSA) is 42.5 Å². The van der Waals surface area contributed by atoms with Crippen LogP contribution in [0.1, 0.15) is 143 Å². The highest BCUT2D eigenvalue weighted by Crippen LogP contribution is 2.47. The summed E-state index contributed by atoms with van der Waals surface area (Å²) < 4.78 is 2.41. The number of aliphatic imine (C=N–C) groups is 2. The number of benzene rings is 5. The van der Waals surface area contributed by atoms with Crippen LogP contribution in [0.2, 0.25) is 0 Å². The Morgan fingerprint density at radius 1 is 0.797 bits per heavy atom. The van der Waals surface area contributed by atoms with E-state index < -0.39 is 0 Å². The van der Waals surface area contributed by atoms with Gasteiger partial charge < -0.3 is 4.57 Å². The summed E-state index contributed by atoms with van der Waals surface area (Å²) in [6, 6.07) is 37.8. The Balaban J connectivity index is 0.000000666. The van der Waals surface area contributed by atoms with Crippen molar-refractivity contribution in [1.29, 1.82) is 0 Å². The highest BCUT2D eigenvalue weighted by molar-refractivity contribution is 7.98. The molecule has 5 aromatic carbocycles. The van der Waals surface area contributed by atoms with Gasteiger partial charge in [-0.3, -0.25) is 9.98 Å². The first-order chi connectivity index (χ1) is 36.1. The third kappa shape index (κ3) is 13.7. The summed E-state index contributed by atoms with van der Waals surface area (Å²) >= 11 is 1.86. The predicted octanol–water partition coefficient (Wildman–Crippen LogP) is 20.8. The van der Waals surface area contributed by atoms with Gasteiger partial charge in [0.05, 0.1) is 22.8 Å². The number of rotatable bonds is 14. The molecule has 0 bridgehead atoms. The van der Waals surface area contributed by atoms with Crippen molar-refractivity contribution in [3.05, 3.63) is 208 Å². The van der Waals surface area contributed by atoms with E-state index in [4.69, 9.17) is 15.0 Å². The average Bonchev–Trinajstić information content (AvgIpc) is 3.82. The monoisotopic (exact) mass is 997 g/mol. The fraction of sp³-hybridized carbons (Fsp3) is 0.304. The highest BCUT2D eigenvalue weighted by Gasteiger charge is 2.21. The molecule has 0 saturated heterocycles. The number of hydrogen-bond donors (Lipinski definition) is 0. The van der Waals surface area contributed by atoms with Crippen molar-refractivity contribution in [3.8, 4) is 33.6 Å². The van der Waals surface area contributed by atoms with Crippen molar-refractivity contribution in [2.45, 2.75) is 138 Å². The minimum atomic E-state index is 0.224. The average molecular weight is 997 g/mol. The Bertz CT molecular complexity index is 3170. The van der Waals surface area contributed by atoms with Gasteiger partial charge in [-0.25, -0.2) is 4.98 Å². The van der Waals surface area contributed by atoms with Crippen LogP contribution in [0, 0.1) is 12.8 Å². The molecule has 3 aliphatic rings. The van der Waals surface area contributed by atoms with E-state index in [0.29, 0.717) is 5.92 Å². The number of nitrogens with zero attached hydrogens (tertiary/aromatic N) is 4. The Labute approximate surface area is 449 Å². The van der Waals surface area contributed by atoms with Gasteiger partial charge in [-0.1, -0.05) is 181 Å². The van der Waals surface area contributed by atoms with Crippen LogP contribution in [0.15, 0.2) is 201 Å². The van der Waals surface area contributed by atoms with Gasteiger partial charge in [-0.2, -0.15) is 0 Å². The van der Waals surface area contributed by atoms with Gasteiger partial charge >= 0.3 is 0 Å². The molecule has 382 valence electrons. The van der Waals surface area contributed by atoms with Crippen molar-refractivity contribution in [3.63, 3.8) is 0 Å².